The van der Waals surface area contributed by atoms with Crippen LogP contribution in [0.1, 0.15) is 32.8 Å². The Morgan fingerprint density at radius 1 is 1.33 bits per heavy atom. The van der Waals surface area contributed by atoms with Crippen LogP contribution in [0, 0.1) is 0 Å². The second-order valence-corrected chi connectivity index (χ2v) is 5.07. The van der Waals surface area contributed by atoms with Crippen LogP contribution < -0.4 is 4.74 Å². The topological polar surface area (TPSA) is 32.7 Å². The number of likely N-dealkylation sites (N-methyl/N-ethyl adjacent to an activating group) is 1. The lowest BCUT2D eigenvalue weighted by Gasteiger charge is -2.20. The Bertz CT molecular complexity index is 352. The first-order valence-corrected chi connectivity index (χ1v) is 6.63. The molecule has 1 N–H and O–H groups in total. The smallest absolute Gasteiger partial charge is 0.120 e. The van der Waals surface area contributed by atoms with Gasteiger partial charge in [0.2, 0.25) is 0 Å². The number of rotatable bonds is 7. The van der Waals surface area contributed by atoms with Gasteiger partial charge in [0.1, 0.15) is 5.75 Å². The summed E-state index contributed by atoms with van der Waals surface area (Å²) in [5, 5.41) is 9.61. The first-order valence-electron chi connectivity index (χ1n) is 6.63. The highest BCUT2D eigenvalue weighted by Crippen LogP contribution is 2.16. The Morgan fingerprint density at radius 2 is 2.06 bits per heavy atom. The molecule has 1 aromatic rings. The van der Waals surface area contributed by atoms with E-state index in [1.54, 1.807) is 0 Å². The van der Waals surface area contributed by atoms with E-state index in [2.05, 4.69) is 17.0 Å². The highest BCUT2D eigenvalue weighted by Gasteiger charge is 2.07. The fourth-order valence-electron chi connectivity index (χ4n) is 1.85. The second kappa shape index (κ2) is 7.39. The minimum Gasteiger partial charge on any atom is -0.491 e. The number of aliphatic hydroxyl groups is 1. The highest BCUT2D eigenvalue weighted by molar-refractivity contribution is 5.28. The molecule has 0 radical (unpaired) electrons. The molecule has 0 fully saturated rings. The lowest BCUT2D eigenvalue weighted by atomic mass is 10.2. The first kappa shape index (κ1) is 15.0. The highest BCUT2D eigenvalue weighted by atomic mass is 16.5. The molecule has 0 aliphatic carbocycles. The number of ether oxygens (including phenoxy) is 1. The molecule has 0 aromatic heterocycles. The molecule has 102 valence electrons. The number of hydrogen-bond acceptors (Lipinski definition) is 3. The predicted molar refractivity (Wildman–Crippen MR) is 74.8 cm³/mol. The normalized spacial score (nSPS) is 13.1. The standard InChI is InChI=1S/C15H25NO2/c1-5-14(17)11-16(4)10-13-7-6-8-15(9-13)18-12(2)3/h6-9,12,14,17H,5,10-11H2,1-4H3/t14-/m1/s1. The fraction of sp³-hybridized carbons (Fsp3) is 0.600. The molecule has 0 aliphatic rings. The van der Waals surface area contributed by atoms with Gasteiger partial charge >= 0.3 is 0 Å². The van der Waals surface area contributed by atoms with Crippen molar-refractivity contribution in [1.29, 1.82) is 0 Å². The van der Waals surface area contributed by atoms with Crippen molar-refractivity contribution in [3.63, 3.8) is 0 Å². The molecular weight excluding hydrogens is 226 g/mol. The minimum absolute atomic E-state index is 0.194. The van der Waals surface area contributed by atoms with Crippen molar-refractivity contribution in [2.45, 2.75) is 45.9 Å². The van der Waals surface area contributed by atoms with Crippen LogP contribution in [0.25, 0.3) is 0 Å². The average Bonchev–Trinajstić information content (AvgIpc) is 2.28. The maximum Gasteiger partial charge on any atom is 0.120 e. The summed E-state index contributed by atoms with van der Waals surface area (Å²) in [5.74, 6) is 0.909. The van der Waals surface area contributed by atoms with Crippen LogP contribution in [0.15, 0.2) is 24.3 Å². The third kappa shape index (κ3) is 5.52. The van der Waals surface area contributed by atoms with Crippen molar-refractivity contribution in [3.05, 3.63) is 29.8 Å². The Hall–Kier alpha value is -1.06. The van der Waals surface area contributed by atoms with Gasteiger partial charge in [-0.15, -0.1) is 0 Å². The van der Waals surface area contributed by atoms with Crippen molar-refractivity contribution < 1.29 is 9.84 Å². The van der Waals surface area contributed by atoms with Crippen LogP contribution in [0.5, 0.6) is 5.75 Å². The minimum atomic E-state index is -0.245. The van der Waals surface area contributed by atoms with Crippen molar-refractivity contribution in [3.8, 4) is 5.75 Å². The van der Waals surface area contributed by atoms with E-state index in [0.29, 0.717) is 6.54 Å². The summed E-state index contributed by atoms with van der Waals surface area (Å²) >= 11 is 0. The van der Waals surface area contributed by atoms with Crippen molar-refractivity contribution in [2.75, 3.05) is 13.6 Å². The molecule has 0 unspecified atom stereocenters. The summed E-state index contributed by atoms with van der Waals surface area (Å²) in [6.07, 6.45) is 0.742. The molecule has 0 spiro atoms. The largest absolute Gasteiger partial charge is 0.491 e. The van der Waals surface area contributed by atoms with E-state index in [1.807, 2.05) is 40.0 Å². The van der Waals surface area contributed by atoms with E-state index in [9.17, 15) is 5.11 Å². The number of aliphatic hydroxyl groups excluding tert-OH is 1. The maximum atomic E-state index is 9.61. The molecule has 1 atom stereocenters. The molecule has 0 amide bonds. The SMILES string of the molecule is CC[C@@H](O)CN(C)Cc1cccc(OC(C)C)c1. The summed E-state index contributed by atoms with van der Waals surface area (Å²) < 4.78 is 5.67. The number of hydrogen-bond donors (Lipinski definition) is 1. The Kier molecular flexibility index (Phi) is 6.16. The summed E-state index contributed by atoms with van der Waals surface area (Å²) in [6.45, 7) is 7.57. The molecule has 0 saturated heterocycles. The number of benzene rings is 1. The van der Waals surface area contributed by atoms with Gasteiger partial charge < -0.3 is 9.84 Å². The van der Waals surface area contributed by atoms with Crippen molar-refractivity contribution in [1.82, 2.24) is 4.90 Å². The van der Waals surface area contributed by atoms with E-state index in [1.165, 1.54) is 5.56 Å². The molecule has 3 heteroatoms. The zero-order valence-corrected chi connectivity index (χ0v) is 11.9. The summed E-state index contributed by atoms with van der Waals surface area (Å²) in [7, 11) is 2.02. The third-order valence-electron chi connectivity index (χ3n) is 2.72. The average molecular weight is 251 g/mol. The van der Waals surface area contributed by atoms with E-state index in [4.69, 9.17) is 4.74 Å². The maximum absolute atomic E-state index is 9.61. The van der Waals surface area contributed by atoms with Crippen molar-refractivity contribution in [2.24, 2.45) is 0 Å². The Morgan fingerprint density at radius 3 is 2.67 bits per heavy atom. The van der Waals surface area contributed by atoms with Gasteiger partial charge in [-0.2, -0.15) is 0 Å². The van der Waals surface area contributed by atoms with Crippen LogP contribution in [0.4, 0.5) is 0 Å². The molecule has 1 rings (SSSR count). The Labute approximate surface area is 110 Å². The molecule has 18 heavy (non-hydrogen) atoms. The van der Waals surface area contributed by atoms with Crippen molar-refractivity contribution >= 4 is 0 Å². The zero-order valence-electron chi connectivity index (χ0n) is 11.9. The van der Waals surface area contributed by atoms with Gasteiger partial charge in [0.05, 0.1) is 12.2 Å². The van der Waals surface area contributed by atoms with E-state index >= 15 is 0 Å². The van der Waals surface area contributed by atoms with Gasteiger partial charge in [0, 0.05) is 13.1 Å². The first-order chi connectivity index (χ1) is 8.51. The van der Waals surface area contributed by atoms with Gasteiger partial charge in [-0.05, 0) is 45.0 Å². The molecule has 0 bridgehead atoms. The van der Waals surface area contributed by atoms with Gasteiger partial charge in [-0.1, -0.05) is 19.1 Å². The second-order valence-electron chi connectivity index (χ2n) is 5.07. The van der Waals surface area contributed by atoms with Gasteiger partial charge in [-0.3, -0.25) is 4.90 Å². The van der Waals surface area contributed by atoms with Crippen LogP contribution in [0.2, 0.25) is 0 Å². The van der Waals surface area contributed by atoms with Gasteiger partial charge in [-0.25, -0.2) is 0 Å². The molecule has 3 nitrogen and oxygen atoms in total. The third-order valence-corrected chi connectivity index (χ3v) is 2.72. The van der Waals surface area contributed by atoms with E-state index in [-0.39, 0.29) is 12.2 Å². The monoisotopic (exact) mass is 251 g/mol. The predicted octanol–water partition coefficient (Wildman–Crippen LogP) is 2.68. The van der Waals surface area contributed by atoms with Crippen LogP contribution in [-0.4, -0.2) is 35.8 Å². The zero-order chi connectivity index (χ0) is 13.5. The van der Waals surface area contributed by atoms with Gasteiger partial charge in [0.25, 0.3) is 0 Å². The fourth-order valence-corrected chi connectivity index (χ4v) is 1.85. The summed E-state index contributed by atoms with van der Waals surface area (Å²) in [4.78, 5) is 2.13. The quantitative estimate of drug-likeness (QED) is 0.808. The number of nitrogens with zero attached hydrogens (tertiary/aromatic N) is 1. The summed E-state index contributed by atoms with van der Waals surface area (Å²) in [5.41, 5.74) is 1.21. The molecule has 0 heterocycles. The molecule has 1 aromatic carbocycles. The lowest BCUT2D eigenvalue weighted by molar-refractivity contribution is 0.119. The lowest BCUT2D eigenvalue weighted by Crippen LogP contribution is -2.28. The van der Waals surface area contributed by atoms with Crippen LogP contribution in [0.3, 0.4) is 0 Å². The van der Waals surface area contributed by atoms with Gasteiger partial charge in [0.15, 0.2) is 0 Å². The van der Waals surface area contributed by atoms with E-state index < -0.39 is 0 Å². The van der Waals surface area contributed by atoms with Crippen LogP contribution >= 0.6 is 0 Å². The van der Waals surface area contributed by atoms with E-state index in [0.717, 1.165) is 18.7 Å². The van der Waals surface area contributed by atoms with Crippen LogP contribution in [-0.2, 0) is 6.54 Å². The molecule has 0 saturated carbocycles. The summed E-state index contributed by atoms with van der Waals surface area (Å²) in [6, 6.07) is 8.14. The molecular formula is C15H25NO2. The Balaban J connectivity index is 2.56. The molecule has 0 aliphatic heterocycles.